The smallest absolute Gasteiger partial charge is 0.311 e. The fourth-order valence-electron chi connectivity index (χ4n) is 4.58. The number of likely N-dealkylation sites (tertiary alicyclic amines) is 1. The van der Waals surface area contributed by atoms with E-state index < -0.39 is 0 Å². The number of nitrogens with zero attached hydrogens (tertiary/aromatic N) is 1. The lowest BCUT2D eigenvalue weighted by Crippen LogP contribution is -2.43. The molecule has 0 radical (unpaired) electrons. The number of hydrogen-bond acceptors (Lipinski definition) is 5. The van der Waals surface area contributed by atoms with E-state index in [-0.39, 0.29) is 11.4 Å². The van der Waals surface area contributed by atoms with Crippen LogP contribution in [0.15, 0.2) is 30.0 Å². The van der Waals surface area contributed by atoms with Gasteiger partial charge in [-0.05, 0) is 56.1 Å². The molecule has 1 aliphatic heterocycles. The molecule has 0 amide bonds. The van der Waals surface area contributed by atoms with Crippen LogP contribution in [0.3, 0.4) is 0 Å². The second kappa shape index (κ2) is 8.56. The van der Waals surface area contributed by atoms with Gasteiger partial charge in [-0.25, -0.2) is 0 Å². The van der Waals surface area contributed by atoms with Crippen molar-refractivity contribution in [1.29, 1.82) is 0 Å². The number of allylic oxidation sites excluding steroid dienone is 1. The molecule has 0 saturated carbocycles. The molecule has 2 aliphatic rings. The number of carbonyl (C=O) groups is 1. The minimum Gasteiger partial charge on any atom is -0.493 e. The van der Waals surface area contributed by atoms with Gasteiger partial charge in [0.1, 0.15) is 5.76 Å². The van der Waals surface area contributed by atoms with Gasteiger partial charge in [-0.15, -0.1) is 0 Å². The van der Waals surface area contributed by atoms with Crippen molar-refractivity contribution < 1.29 is 19.0 Å². The lowest BCUT2D eigenvalue weighted by Gasteiger charge is -2.40. The highest BCUT2D eigenvalue weighted by molar-refractivity contribution is 5.71. The first kappa shape index (κ1) is 20.7. The number of rotatable bonds is 7. The number of carbonyl (C=O) groups excluding carboxylic acids is 1. The molecule has 1 fully saturated rings. The third-order valence-electron chi connectivity index (χ3n) is 6.58. The zero-order valence-electron chi connectivity index (χ0n) is 17.8. The van der Waals surface area contributed by atoms with Gasteiger partial charge >= 0.3 is 5.97 Å². The third-order valence-corrected chi connectivity index (χ3v) is 6.58. The highest BCUT2D eigenvalue weighted by atomic mass is 16.5. The molecule has 3 unspecified atom stereocenters. The Morgan fingerprint density at radius 1 is 1.29 bits per heavy atom. The maximum atomic E-state index is 12.3. The maximum Gasteiger partial charge on any atom is 0.311 e. The van der Waals surface area contributed by atoms with Gasteiger partial charge in [-0.2, -0.15) is 0 Å². The summed E-state index contributed by atoms with van der Waals surface area (Å²) in [4.78, 5) is 14.6. The number of methoxy groups -OCH3 is 2. The van der Waals surface area contributed by atoms with E-state index in [0.29, 0.717) is 18.4 Å². The van der Waals surface area contributed by atoms with E-state index in [1.54, 1.807) is 14.2 Å². The van der Waals surface area contributed by atoms with Crippen molar-refractivity contribution in [3.05, 3.63) is 35.6 Å². The SMILES string of the molecule is CCC(C)CC(=O)OC1=CCC2(c3ccc(OC)c(OC)c3)CCN(C)C2C1. The first-order valence-corrected chi connectivity index (χ1v) is 10.3. The van der Waals surface area contributed by atoms with Crippen LogP contribution in [0.4, 0.5) is 0 Å². The summed E-state index contributed by atoms with van der Waals surface area (Å²) in [6.45, 7) is 5.22. The summed E-state index contributed by atoms with van der Waals surface area (Å²) < 4.78 is 16.7. The lowest BCUT2D eigenvalue weighted by molar-refractivity contribution is -0.141. The van der Waals surface area contributed by atoms with Crippen molar-refractivity contribution in [1.82, 2.24) is 4.90 Å². The molecule has 5 heteroatoms. The Kier molecular flexibility index (Phi) is 6.33. The molecule has 0 aromatic heterocycles. The molecule has 154 valence electrons. The molecule has 5 nitrogen and oxygen atoms in total. The molecule has 1 aromatic carbocycles. The summed E-state index contributed by atoms with van der Waals surface area (Å²) in [5.41, 5.74) is 1.28. The van der Waals surface area contributed by atoms with E-state index >= 15 is 0 Å². The molecule has 0 bridgehead atoms. The Balaban J connectivity index is 1.84. The van der Waals surface area contributed by atoms with Crippen molar-refractivity contribution >= 4 is 5.97 Å². The Labute approximate surface area is 168 Å². The predicted octanol–water partition coefficient (Wildman–Crippen LogP) is 4.30. The number of benzene rings is 1. The molecule has 1 saturated heterocycles. The van der Waals surface area contributed by atoms with Gasteiger partial charge < -0.3 is 19.1 Å². The number of esters is 1. The van der Waals surface area contributed by atoms with Gasteiger partial charge in [0.25, 0.3) is 0 Å². The van der Waals surface area contributed by atoms with Crippen LogP contribution in [0.5, 0.6) is 11.5 Å². The van der Waals surface area contributed by atoms with Crippen molar-refractivity contribution in [3.8, 4) is 11.5 Å². The minimum absolute atomic E-state index is 0.0148. The lowest BCUT2D eigenvalue weighted by atomic mass is 9.68. The normalized spacial score (nSPS) is 25.6. The van der Waals surface area contributed by atoms with Crippen LogP contribution >= 0.6 is 0 Å². The van der Waals surface area contributed by atoms with E-state index in [1.165, 1.54) is 5.56 Å². The van der Waals surface area contributed by atoms with E-state index in [9.17, 15) is 4.79 Å². The van der Waals surface area contributed by atoms with Crippen molar-refractivity contribution in [2.24, 2.45) is 5.92 Å². The summed E-state index contributed by atoms with van der Waals surface area (Å²) in [5.74, 6) is 2.58. The summed E-state index contributed by atoms with van der Waals surface area (Å²) in [6.07, 6.45) is 6.30. The first-order valence-electron chi connectivity index (χ1n) is 10.3. The molecular formula is C23H33NO4. The van der Waals surface area contributed by atoms with Crippen LogP contribution < -0.4 is 9.47 Å². The number of ether oxygens (including phenoxy) is 3. The average molecular weight is 388 g/mol. The van der Waals surface area contributed by atoms with Crippen molar-refractivity contribution in [2.45, 2.75) is 57.4 Å². The minimum atomic E-state index is -0.111. The van der Waals surface area contributed by atoms with Gasteiger partial charge in [0.15, 0.2) is 11.5 Å². The second-order valence-electron chi connectivity index (χ2n) is 8.24. The molecular weight excluding hydrogens is 354 g/mol. The van der Waals surface area contributed by atoms with Gasteiger partial charge in [-0.3, -0.25) is 4.79 Å². The van der Waals surface area contributed by atoms with Crippen LogP contribution in [0.1, 0.15) is 51.5 Å². The second-order valence-corrected chi connectivity index (χ2v) is 8.24. The van der Waals surface area contributed by atoms with Crippen LogP contribution in [-0.2, 0) is 14.9 Å². The Bertz CT molecular complexity index is 744. The predicted molar refractivity (Wildman–Crippen MR) is 110 cm³/mol. The molecule has 1 aliphatic carbocycles. The monoisotopic (exact) mass is 387 g/mol. The van der Waals surface area contributed by atoms with Gasteiger partial charge in [-0.1, -0.05) is 26.3 Å². The summed E-state index contributed by atoms with van der Waals surface area (Å²) >= 11 is 0. The topological polar surface area (TPSA) is 48.0 Å². The summed E-state index contributed by atoms with van der Waals surface area (Å²) in [5, 5.41) is 0. The van der Waals surface area contributed by atoms with E-state index in [2.05, 4.69) is 44.0 Å². The van der Waals surface area contributed by atoms with Gasteiger partial charge in [0.2, 0.25) is 0 Å². The van der Waals surface area contributed by atoms with Gasteiger partial charge in [0, 0.05) is 24.3 Å². The van der Waals surface area contributed by atoms with Crippen LogP contribution in [0, 0.1) is 5.92 Å². The highest BCUT2D eigenvalue weighted by Gasteiger charge is 2.49. The standard InChI is InChI=1S/C23H33NO4/c1-6-16(2)13-22(25)28-18-9-10-23(11-12-24(3)21(23)15-18)17-7-8-19(26-4)20(14-17)27-5/h7-9,14,16,21H,6,10-13,15H2,1-5H3. The molecule has 0 N–H and O–H groups in total. The Hall–Kier alpha value is -2.01. The van der Waals surface area contributed by atoms with Crippen molar-refractivity contribution in [2.75, 3.05) is 27.8 Å². The van der Waals surface area contributed by atoms with Crippen molar-refractivity contribution in [3.63, 3.8) is 0 Å². The zero-order valence-corrected chi connectivity index (χ0v) is 17.8. The van der Waals surface area contributed by atoms with E-state index in [0.717, 1.165) is 49.5 Å². The van der Waals surface area contributed by atoms with E-state index in [4.69, 9.17) is 14.2 Å². The summed E-state index contributed by atoms with van der Waals surface area (Å²) in [7, 11) is 5.50. The quantitative estimate of drug-likeness (QED) is 0.653. The molecule has 1 heterocycles. The molecule has 28 heavy (non-hydrogen) atoms. The van der Waals surface area contributed by atoms with E-state index in [1.807, 2.05) is 6.07 Å². The first-order chi connectivity index (χ1) is 13.4. The molecule has 3 atom stereocenters. The largest absolute Gasteiger partial charge is 0.493 e. The molecule has 3 rings (SSSR count). The third kappa shape index (κ3) is 3.90. The number of hydrogen-bond donors (Lipinski definition) is 0. The fourth-order valence-corrected chi connectivity index (χ4v) is 4.58. The molecule has 1 aromatic rings. The van der Waals surface area contributed by atoms with Crippen LogP contribution in [0.2, 0.25) is 0 Å². The van der Waals surface area contributed by atoms with Crippen LogP contribution in [-0.4, -0.2) is 44.7 Å². The van der Waals surface area contributed by atoms with Crippen LogP contribution in [0.25, 0.3) is 0 Å². The fraction of sp³-hybridized carbons (Fsp3) is 0.609. The number of likely N-dealkylation sites (N-methyl/N-ethyl adjacent to an activating group) is 1. The summed E-state index contributed by atoms with van der Waals surface area (Å²) in [6, 6.07) is 6.56. The Morgan fingerprint density at radius 2 is 2.04 bits per heavy atom. The number of fused-ring (bicyclic) bond motifs is 1. The average Bonchev–Trinajstić information content (AvgIpc) is 3.04. The highest BCUT2D eigenvalue weighted by Crippen LogP contribution is 2.49. The zero-order chi connectivity index (χ0) is 20.3. The maximum absolute atomic E-state index is 12.3. The van der Waals surface area contributed by atoms with Gasteiger partial charge in [0.05, 0.1) is 14.2 Å². The Morgan fingerprint density at radius 3 is 2.71 bits per heavy atom. The molecule has 0 spiro atoms.